The number of hydrogen-bond donors (Lipinski definition) is 1. The molecule has 7 nitrogen and oxygen atoms in total. The quantitative estimate of drug-likeness (QED) is 0.458. The van der Waals surface area contributed by atoms with E-state index in [4.69, 9.17) is 9.26 Å². The lowest BCUT2D eigenvalue weighted by atomic mass is 10.1. The number of hydrogen-bond acceptors (Lipinski definition) is 6. The van der Waals surface area contributed by atoms with Crippen molar-refractivity contribution in [2.75, 3.05) is 0 Å². The molecule has 0 bridgehead atoms. The Morgan fingerprint density at radius 3 is 2.56 bits per heavy atom. The van der Waals surface area contributed by atoms with Gasteiger partial charge in [-0.1, -0.05) is 35.5 Å². The molecule has 0 saturated heterocycles. The number of amides is 1. The van der Waals surface area contributed by atoms with Gasteiger partial charge in [0.05, 0.1) is 22.3 Å². The second-order valence-corrected chi connectivity index (χ2v) is 7.26. The molecule has 32 heavy (non-hydrogen) atoms. The normalized spacial score (nSPS) is 11.8. The van der Waals surface area contributed by atoms with E-state index in [0.29, 0.717) is 28.9 Å². The van der Waals surface area contributed by atoms with E-state index < -0.39 is 18.0 Å². The summed E-state index contributed by atoms with van der Waals surface area (Å²) in [5.41, 5.74) is 2.69. The molecule has 1 N–H and O–H groups in total. The highest BCUT2D eigenvalue weighted by Gasteiger charge is 2.24. The highest BCUT2D eigenvalue weighted by Crippen LogP contribution is 2.28. The predicted molar refractivity (Wildman–Crippen MR) is 115 cm³/mol. The van der Waals surface area contributed by atoms with Crippen LogP contribution in [0.5, 0.6) is 0 Å². The third-order valence-electron chi connectivity index (χ3n) is 4.94. The second kappa shape index (κ2) is 8.97. The summed E-state index contributed by atoms with van der Waals surface area (Å²) in [7, 11) is 0. The number of rotatable bonds is 6. The standard InChI is InChI=1S/C24H20FN3O4/c1-14-21-19(12-20(27-23(21)32-28-14)17-8-10-18(25)11-9-17)24(30)31-15(2)22(29)26-13-16-6-4-3-5-7-16/h3-12,15H,13H2,1-2H3,(H,26,29). The maximum Gasteiger partial charge on any atom is 0.339 e. The molecule has 2 aromatic carbocycles. The van der Waals surface area contributed by atoms with Gasteiger partial charge in [0.1, 0.15) is 5.82 Å². The van der Waals surface area contributed by atoms with Gasteiger partial charge in [-0.15, -0.1) is 0 Å². The van der Waals surface area contributed by atoms with Crippen LogP contribution in [0, 0.1) is 12.7 Å². The van der Waals surface area contributed by atoms with Crippen molar-refractivity contribution in [3.8, 4) is 11.3 Å². The van der Waals surface area contributed by atoms with E-state index in [-0.39, 0.29) is 17.1 Å². The Bertz CT molecular complexity index is 1270. The number of nitrogens with zero attached hydrogens (tertiary/aromatic N) is 2. The van der Waals surface area contributed by atoms with Crippen LogP contribution in [0.4, 0.5) is 4.39 Å². The molecule has 4 aromatic rings. The van der Waals surface area contributed by atoms with Crippen molar-refractivity contribution in [1.82, 2.24) is 15.5 Å². The van der Waals surface area contributed by atoms with Crippen LogP contribution < -0.4 is 5.32 Å². The first-order valence-corrected chi connectivity index (χ1v) is 9.98. The molecule has 162 valence electrons. The van der Waals surface area contributed by atoms with Crippen molar-refractivity contribution in [2.45, 2.75) is 26.5 Å². The van der Waals surface area contributed by atoms with Crippen molar-refractivity contribution in [3.05, 3.63) is 83.3 Å². The summed E-state index contributed by atoms with van der Waals surface area (Å²) in [6, 6.07) is 16.6. The Hall–Kier alpha value is -4.07. The summed E-state index contributed by atoms with van der Waals surface area (Å²) < 4.78 is 24.0. The molecular formula is C24H20FN3O4. The lowest BCUT2D eigenvalue weighted by molar-refractivity contribution is -0.129. The number of aryl methyl sites for hydroxylation is 1. The SMILES string of the molecule is Cc1noc2nc(-c3ccc(F)cc3)cc(C(=O)OC(C)C(=O)NCc3ccccc3)c12. The summed E-state index contributed by atoms with van der Waals surface area (Å²) in [6.07, 6.45) is -1.02. The van der Waals surface area contributed by atoms with E-state index in [1.165, 1.54) is 25.1 Å². The lowest BCUT2D eigenvalue weighted by Crippen LogP contribution is -2.35. The van der Waals surface area contributed by atoms with Gasteiger partial charge in [0.25, 0.3) is 11.6 Å². The molecule has 0 fully saturated rings. The number of fused-ring (bicyclic) bond motifs is 1. The molecule has 0 spiro atoms. The van der Waals surface area contributed by atoms with E-state index >= 15 is 0 Å². The molecule has 0 radical (unpaired) electrons. The third kappa shape index (κ3) is 4.49. The largest absolute Gasteiger partial charge is 0.449 e. The molecule has 1 atom stereocenters. The summed E-state index contributed by atoms with van der Waals surface area (Å²) in [4.78, 5) is 29.8. The summed E-state index contributed by atoms with van der Waals surface area (Å²) in [5, 5.41) is 7.03. The summed E-state index contributed by atoms with van der Waals surface area (Å²) in [6.45, 7) is 3.50. The van der Waals surface area contributed by atoms with Crippen molar-refractivity contribution < 1.29 is 23.2 Å². The van der Waals surface area contributed by atoms with Gasteiger partial charge < -0.3 is 14.6 Å². The van der Waals surface area contributed by atoms with Crippen LogP contribution in [-0.2, 0) is 16.1 Å². The number of halogens is 1. The van der Waals surface area contributed by atoms with Gasteiger partial charge in [0.15, 0.2) is 6.10 Å². The van der Waals surface area contributed by atoms with Crippen LogP contribution in [0.1, 0.15) is 28.5 Å². The number of carbonyl (C=O) groups excluding carboxylic acids is 2. The number of aromatic nitrogens is 2. The van der Waals surface area contributed by atoms with Crippen molar-refractivity contribution in [3.63, 3.8) is 0 Å². The molecule has 8 heteroatoms. The minimum Gasteiger partial charge on any atom is -0.449 e. The number of ether oxygens (including phenoxy) is 1. The zero-order chi connectivity index (χ0) is 22.7. The third-order valence-corrected chi connectivity index (χ3v) is 4.94. The van der Waals surface area contributed by atoms with Crippen LogP contribution in [0.3, 0.4) is 0 Å². The lowest BCUT2D eigenvalue weighted by Gasteiger charge is -2.14. The number of benzene rings is 2. The average molecular weight is 433 g/mol. The fourth-order valence-electron chi connectivity index (χ4n) is 3.23. The van der Waals surface area contributed by atoms with E-state index in [1.807, 2.05) is 30.3 Å². The number of carbonyl (C=O) groups is 2. The fourth-order valence-corrected chi connectivity index (χ4v) is 3.23. The Morgan fingerprint density at radius 2 is 1.84 bits per heavy atom. The monoisotopic (exact) mass is 433 g/mol. The molecule has 2 heterocycles. The smallest absolute Gasteiger partial charge is 0.339 e. The first-order chi connectivity index (χ1) is 15.4. The van der Waals surface area contributed by atoms with E-state index in [2.05, 4.69) is 15.5 Å². The molecule has 1 amide bonds. The number of nitrogens with one attached hydrogen (secondary N) is 1. The van der Waals surface area contributed by atoms with Gasteiger partial charge in [0, 0.05) is 12.1 Å². The van der Waals surface area contributed by atoms with E-state index in [9.17, 15) is 14.0 Å². The zero-order valence-corrected chi connectivity index (χ0v) is 17.5. The molecule has 0 saturated carbocycles. The van der Waals surface area contributed by atoms with Crippen LogP contribution in [0.15, 0.2) is 65.2 Å². The zero-order valence-electron chi connectivity index (χ0n) is 17.5. The minimum atomic E-state index is -1.02. The minimum absolute atomic E-state index is 0.150. The Kier molecular flexibility index (Phi) is 5.93. The molecule has 2 aromatic heterocycles. The first-order valence-electron chi connectivity index (χ1n) is 9.98. The van der Waals surface area contributed by atoms with Crippen molar-refractivity contribution in [1.29, 1.82) is 0 Å². The highest BCUT2D eigenvalue weighted by atomic mass is 19.1. The highest BCUT2D eigenvalue weighted by molar-refractivity contribution is 6.05. The Balaban J connectivity index is 1.56. The average Bonchev–Trinajstić information content (AvgIpc) is 3.18. The topological polar surface area (TPSA) is 94.3 Å². The van der Waals surface area contributed by atoms with Crippen LogP contribution in [0.25, 0.3) is 22.4 Å². The number of esters is 1. The molecule has 0 aliphatic carbocycles. The first kappa shape index (κ1) is 21.2. The molecule has 1 unspecified atom stereocenters. The van der Waals surface area contributed by atoms with Gasteiger partial charge in [-0.3, -0.25) is 4.79 Å². The summed E-state index contributed by atoms with van der Waals surface area (Å²) >= 11 is 0. The van der Waals surface area contributed by atoms with Gasteiger partial charge in [-0.05, 0) is 49.7 Å². The van der Waals surface area contributed by atoms with E-state index in [0.717, 1.165) is 5.56 Å². The van der Waals surface area contributed by atoms with Gasteiger partial charge in [-0.25, -0.2) is 14.2 Å². The van der Waals surface area contributed by atoms with Gasteiger partial charge >= 0.3 is 5.97 Å². The fraction of sp³-hybridized carbons (Fsp3) is 0.167. The molecule has 4 rings (SSSR count). The maximum atomic E-state index is 13.3. The molecular weight excluding hydrogens is 413 g/mol. The van der Waals surface area contributed by atoms with Crippen LogP contribution in [0.2, 0.25) is 0 Å². The Labute approximate surface area is 183 Å². The second-order valence-electron chi connectivity index (χ2n) is 7.26. The van der Waals surface area contributed by atoms with Gasteiger partial charge in [0.2, 0.25) is 0 Å². The number of pyridine rings is 1. The van der Waals surface area contributed by atoms with Crippen LogP contribution >= 0.6 is 0 Å². The Morgan fingerprint density at radius 1 is 1.12 bits per heavy atom. The maximum absolute atomic E-state index is 13.3. The van der Waals surface area contributed by atoms with Crippen molar-refractivity contribution >= 4 is 23.0 Å². The van der Waals surface area contributed by atoms with Crippen LogP contribution in [-0.4, -0.2) is 28.1 Å². The summed E-state index contributed by atoms with van der Waals surface area (Å²) in [5.74, 6) is -1.52. The molecule has 0 aliphatic rings. The van der Waals surface area contributed by atoms with Gasteiger partial charge in [-0.2, -0.15) is 0 Å². The van der Waals surface area contributed by atoms with Crippen molar-refractivity contribution in [2.24, 2.45) is 0 Å². The predicted octanol–water partition coefficient (Wildman–Crippen LogP) is 4.20. The molecule has 0 aliphatic heterocycles. The van der Waals surface area contributed by atoms with E-state index in [1.54, 1.807) is 19.1 Å².